The van der Waals surface area contributed by atoms with E-state index in [9.17, 15) is 23.3 Å². The minimum absolute atomic E-state index is 0.0439. The highest BCUT2D eigenvalue weighted by Crippen LogP contribution is 2.25. The summed E-state index contributed by atoms with van der Waals surface area (Å²) < 4.78 is 31.6. The van der Waals surface area contributed by atoms with Crippen molar-refractivity contribution < 1.29 is 22.9 Å². The van der Waals surface area contributed by atoms with Gasteiger partial charge in [-0.05, 0) is 29.0 Å². The number of nitrogens with zero attached hydrogens (tertiary/aromatic N) is 3. The van der Waals surface area contributed by atoms with E-state index in [0.29, 0.717) is 9.47 Å². The van der Waals surface area contributed by atoms with E-state index in [4.69, 9.17) is 10.5 Å². The maximum absolute atomic E-state index is 13.0. The molecule has 0 fully saturated rings. The van der Waals surface area contributed by atoms with Gasteiger partial charge in [-0.25, -0.2) is 4.79 Å². The second-order valence-electron chi connectivity index (χ2n) is 6.46. The van der Waals surface area contributed by atoms with Gasteiger partial charge in [-0.1, -0.05) is 36.4 Å². The topological polar surface area (TPSA) is 147 Å². The van der Waals surface area contributed by atoms with Crippen molar-refractivity contribution >= 4 is 38.3 Å². The smallest absolute Gasteiger partial charge is 0.345 e. The first-order valence-electron chi connectivity index (χ1n) is 8.82. The number of hydrogen-bond acceptors (Lipinski definition) is 8. The molecule has 1 aromatic heterocycles. The average molecular weight is 438 g/mol. The molecule has 0 saturated heterocycles. The fourth-order valence-electron chi connectivity index (χ4n) is 2.93. The van der Waals surface area contributed by atoms with E-state index >= 15 is 0 Å². The number of anilines is 1. The Balaban J connectivity index is 1.64. The number of hydrogen-bond donors (Lipinski definition) is 1. The Labute approximate surface area is 175 Å². The highest BCUT2D eigenvalue weighted by molar-refractivity contribution is 7.90. The van der Waals surface area contributed by atoms with Crippen molar-refractivity contribution in [3.05, 3.63) is 88.5 Å². The molecule has 0 atom stereocenters. The van der Waals surface area contributed by atoms with Crippen LogP contribution in [0.25, 0.3) is 10.8 Å². The number of carbonyl (C=O) groups is 1. The molecule has 0 aliphatic carbocycles. The molecule has 0 amide bonds. The number of rotatable bonds is 5. The zero-order valence-corrected chi connectivity index (χ0v) is 16.5. The van der Waals surface area contributed by atoms with E-state index in [1.54, 1.807) is 18.2 Å². The lowest BCUT2D eigenvalue weighted by Gasteiger charge is -2.07. The summed E-state index contributed by atoms with van der Waals surface area (Å²) in [5, 5.41) is 16.2. The quantitative estimate of drug-likeness (QED) is 0.284. The predicted octanol–water partition coefficient (Wildman–Crippen LogP) is 2.98. The number of fused-ring (bicyclic) bond motifs is 1. The molecule has 10 nitrogen and oxygen atoms in total. The van der Waals surface area contributed by atoms with Crippen molar-refractivity contribution in [1.82, 2.24) is 9.19 Å². The first-order valence-corrected chi connectivity index (χ1v) is 10.3. The van der Waals surface area contributed by atoms with Gasteiger partial charge in [0.1, 0.15) is 5.82 Å². The third-order valence-electron chi connectivity index (χ3n) is 4.42. The summed E-state index contributed by atoms with van der Waals surface area (Å²) in [5.74, 6) is -1.58. The van der Waals surface area contributed by atoms with Gasteiger partial charge in [-0.3, -0.25) is 10.1 Å². The van der Waals surface area contributed by atoms with Gasteiger partial charge >= 0.3 is 5.97 Å². The number of non-ortho nitro benzene ring substituents is 1. The first-order chi connectivity index (χ1) is 14.8. The number of benzene rings is 3. The number of aromatic nitrogens is 2. The molecule has 31 heavy (non-hydrogen) atoms. The van der Waals surface area contributed by atoms with Gasteiger partial charge < -0.3 is 10.5 Å². The standard InChI is InChI=1S/C20H14N4O6S/c21-18-12-19(30-20(25)15-6-3-7-16(10-15)24(26)27)22-23(18)31(28,29)17-9-8-13-4-1-2-5-14(13)11-17/h1-12H,21H2. The number of nitro benzene ring substituents is 1. The molecular weight excluding hydrogens is 424 g/mol. The number of nitro groups is 1. The zero-order valence-electron chi connectivity index (χ0n) is 15.7. The van der Waals surface area contributed by atoms with Crippen LogP contribution >= 0.6 is 0 Å². The van der Waals surface area contributed by atoms with Crippen LogP contribution in [0, 0.1) is 10.1 Å². The summed E-state index contributed by atoms with van der Waals surface area (Å²) in [6.07, 6.45) is 0. The Hall–Kier alpha value is -4.25. The summed E-state index contributed by atoms with van der Waals surface area (Å²) in [6.45, 7) is 0. The van der Waals surface area contributed by atoms with E-state index < -0.39 is 20.9 Å². The van der Waals surface area contributed by atoms with Crippen LogP contribution in [0.15, 0.2) is 77.7 Å². The van der Waals surface area contributed by atoms with Crippen molar-refractivity contribution in [1.29, 1.82) is 0 Å². The van der Waals surface area contributed by atoms with Crippen LogP contribution in [0.3, 0.4) is 0 Å². The predicted molar refractivity (Wildman–Crippen MR) is 111 cm³/mol. The van der Waals surface area contributed by atoms with Gasteiger partial charge in [0.05, 0.1) is 15.4 Å². The SMILES string of the molecule is Nc1cc(OC(=O)c2cccc([N+](=O)[O-])c2)nn1S(=O)(=O)c1ccc2ccccc2c1. The van der Waals surface area contributed by atoms with Crippen LogP contribution in [0.2, 0.25) is 0 Å². The van der Waals surface area contributed by atoms with Crippen molar-refractivity contribution in [2.75, 3.05) is 5.73 Å². The van der Waals surface area contributed by atoms with Gasteiger partial charge in [0.2, 0.25) is 5.88 Å². The van der Waals surface area contributed by atoms with Gasteiger partial charge in [-0.15, -0.1) is 9.19 Å². The van der Waals surface area contributed by atoms with Crippen molar-refractivity contribution in [3.8, 4) is 5.88 Å². The Kier molecular flexibility index (Phi) is 4.87. The van der Waals surface area contributed by atoms with Gasteiger partial charge in [-0.2, -0.15) is 8.42 Å². The lowest BCUT2D eigenvalue weighted by atomic mass is 10.1. The van der Waals surface area contributed by atoms with Crippen LogP contribution in [0.5, 0.6) is 5.88 Å². The Bertz CT molecular complexity index is 1450. The largest absolute Gasteiger partial charge is 0.402 e. The molecular formula is C20H14N4O6S. The first kappa shape index (κ1) is 20.0. The maximum Gasteiger partial charge on any atom is 0.345 e. The van der Waals surface area contributed by atoms with Gasteiger partial charge in [0.25, 0.3) is 15.7 Å². The molecule has 0 unspecified atom stereocenters. The van der Waals surface area contributed by atoms with E-state index in [-0.39, 0.29) is 27.8 Å². The zero-order chi connectivity index (χ0) is 22.2. The molecule has 0 bridgehead atoms. The number of carbonyl (C=O) groups excluding carboxylic acids is 1. The molecule has 3 aromatic carbocycles. The highest BCUT2D eigenvalue weighted by atomic mass is 32.2. The van der Waals surface area contributed by atoms with Crippen LogP contribution in [-0.4, -0.2) is 28.5 Å². The molecule has 0 radical (unpaired) electrons. The van der Waals surface area contributed by atoms with Crippen LogP contribution in [-0.2, 0) is 10.0 Å². The van der Waals surface area contributed by atoms with E-state index in [0.717, 1.165) is 17.5 Å². The second-order valence-corrected chi connectivity index (χ2v) is 8.23. The summed E-state index contributed by atoms with van der Waals surface area (Å²) in [6, 6.07) is 17.8. The molecule has 0 saturated carbocycles. The van der Waals surface area contributed by atoms with Crippen LogP contribution in [0.1, 0.15) is 10.4 Å². The van der Waals surface area contributed by atoms with Crippen LogP contribution in [0.4, 0.5) is 11.5 Å². The molecule has 4 aromatic rings. The summed E-state index contributed by atoms with van der Waals surface area (Å²) in [4.78, 5) is 22.5. The van der Waals surface area contributed by atoms with E-state index in [1.165, 1.54) is 30.3 Å². The number of esters is 1. The maximum atomic E-state index is 13.0. The summed E-state index contributed by atoms with van der Waals surface area (Å²) in [7, 11) is -4.16. The molecule has 1 heterocycles. The van der Waals surface area contributed by atoms with E-state index in [2.05, 4.69) is 5.10 Å². The molecule has 0 aliphatic heterocycles. The summed E-state index contributed by atoms with van der Waals surface area (Å²) in [5.41, 5.74) is 5.41. The van der Waals surface area contributed by atoms with Gasteiger partial charge in [0.15, 0.2) is 0 Å². The Morgan fingerprint density at radius 1 is 1.00 bits per heavy atom. The second kappa shape index (κ2) is 7.54. The highest BCUT2D eigenvalue weighted by Gasteiger charge is 2.24. The number of nitrogen functional groups attached to an aromatic ring is 1. The molecule has 0 aliphatic rings. The molecule has 156 valence electrons. The lowest BCUT2D eigenvalue weighted by Crippen LogP contribution is -2.17. The molecule has 4 rings (SSSR count). The van der Waals surface area contributed by atoms with Crippen molar-refractivity contribution in [2.45, 2.75) is 4.90 Å². The monoisotopic (exact) mass is 438 g/mol. The number of ether oxygens (including phenoxy) is 1. The minimum Gasteiger partial charge on any atom is -0.402 e. The lowest BCUT2D eigenvalue weighted by molar-refractivity contribution is -0.384. The minimum atomic E-state index is -4.16. The fourth-order valence-corrected chi connectivity index (χ4v) is 4.16. The van der Waals surface area contributed by atoms with Crippen LogP contribution < -0.4 is 10.5 Å². The van der Waals surface area contributed by atoms with Crippen molar-refractivity contribution in [3.63, 3.8) is 0 Å². The fraction of sp³-hybridized carbons (Fsp3) is 0. The third kappa shape index (κ3) is 3.81. The van der Waals surface area contributed by atoms with E-state index in [1.807, 2.05) is 12.1 Å². The summed E-state index contributed by atoms with van der Waals surface area (Å²) >= 11 is 0. The third-order valence-corrected chi connectivity index (χ3v) is 6.02. The molecule has 11 heteroatoms. The normalized spacial score (nSPS) is 11.4. The molecule has 2 N–H and O–H groups in total. The van der Waals surface area contributed by atoms with Crippen molar-refractivity contribution in [2.24, 2.45) is 0 Å². The Morgan fingerprint density at radius 2 is 1.74 bits per heavy atom. The van der Waals surface area contributed by atoms with Gasteiger partial charge in [0, 0.05) is 18.2 Å². The average Bonchev–Trinajstić information content (AvgIpc) is 3.14. The number of nitrogens with two attached hydrogens (primary N) is 1. The molecule has 0 spiro atoms. The Morgan fingerprint density at radius 3 is 2.48 bits per heavy atom.